The highest BCUT2D eigenvalue weighted by Gasteiger charge is 2.50. The summed E-state index contributed by atoms with van der Waals surface area (Å²) in [4.78, 5) is 26.1. The molecular formula is C48H76N2O16S. The van der Waals surface area contributed by atoms with Crippen LogP contribution in [0, 0.1) is 11.8 Å². The van der Waals surface area contributed by atoms with Crippen LogP contribution < -0.4 is 11.1 Å². The van der Waals surface area contributed by atoms with Gasteiger partial charge in [-0.3, -0.25) is 9.59 Å². The van der Waals surface area contributed by atoms with Crippen LogP contribution in [0.1, 0.15) is 71.6 Å². The van der Waals surface area contributed by atoms with Crippen molar-refractivity contribution in [2.24, 2.45) is 17.6 Å². The molecule has 0 saturated carbocycles. The molecule has 3 rings (SSSR count). The summed E-state index contributed by atoms with van der Waals surface area (Å²) >= 11 is 1.49. The summed E-state index contributed by atoms with van der Waals surface area (Å²) in [6.45, 7) is 3.50. The lowest BCUT2D eigenvalue weighted by atomic mass is 9.82. The predicted molar refractivity (Wildman–Crippen MR) is 252 cm³/mol. The third-order valence-corrected chi connectivity index (χ3v) is 12.3. The van der Waals surface area contributed by atoms with Crippen molar-refractivity contribution >= 4 is 23.6 Å². The molecular weight excluding hydrogens is 893 g/mol. The molecule has 0 aromatic rings. The number of rotatable bonds is 6. The van der Waals surface area contributed by atoms with Gasteiger partial charge >= 0.3 is 5.97 Å². The Labute approximate surface area is 398 Å². The van der Waals surface area contributed by atoms with E-state index in [1.54, 1.807) is 55.5 Å². The number of fused-ring (bicyclic) bond motifs is 2. The number of aliphatic hydroxyl groups excluding tert-OH is 9. The zero-order chi connectivity index (χ0) is 49.5. The minimum absolute atomic E-state index is 0.0854. The van der Waals surface area contributed by atoms with E-state index < -0.39 is 135 Å². The molecule has 3 heterocycles. The molecule has 0 radical (unpaired) electrons. The fourth-order valence-electron chi connectivity index (χ4n) is 7.90. The van der Waals surface area contributed by atoms with E-state index in [1.165, 1.54) is 11.8 Å². The molecule has 2 saturated heterocycles. The van der Waals surface area contributed by atoms with E-state index in [-0.39, 0.29) is 51.2 Å². The first-order valence-corrected chi connectivity index (χ1v) is 24.4. The molecule has 0 spiro atoms. The Bertz CT molecular complexity index is 1680. The Morgan fingerprint density at radius 3 is 1.99 bits per heavy atom. The molecule has 18 nitrogen and oxygen atoms in total. The van der Waals surface area contributed by atoms with Gasteiger partial charge in [0.25, 0.3) is 0 Å². The van der Waals surface area contributed by atoms with Crippen molar-refractivity contribution in [2.45, 2.75) is 163 Å². The minimum Gasteiger partial charge on any atom is -0.462 e. The average molecular weight is 969 g/mol. The van der Waals surface area contributed by atoms with Crippen LogP contribution in [0.4, 0.5) is 0 Å². The Balaban J connectivity index is 1.89. The number of amides is 1. The number of carbonyl (C=O) groups excluding carboxylic acids is 2. The van der Waals surface area contributed by atoms with Gasteiger partial charge in [-0.15, -0.1) is 0 Å². The van der Waals surface area contributed by atoms with Crippen molar-refractivity contribution in [3.05, 3.63) is 85.1 Å². The lowest BCUT2D eigenvalue weighted by Gasteiger charge is -2.45. The number of esters is 1. The molecule has 17 atom stereocenters. The molecule has 1 amide bonds. The smallest absolute Gasteiger partial charge is 0.308 e. The Morgan fingerprint density at radius 2 is 1.36 bits per heavy atom. The number of allylic oxidation sites excluding steroid dienone is 12. The zero-order valence-electron chi connectivity index (χ0n) is 38.7. The number of hydrogen-bond donors (Lipinski definition) is 12. The van der Waals surface area contributed by atoms with E-state index in [1.807, 2.05) is 49.6 Å². The van der Waals surface area contributed by atoms with Crippen LogP contribution in [-0.2, 0) is 28.5 Å². The lowest BCUT2D eigenvalue weighted by molar-refractivity contribution is -0.304. The molecule has 3 aliphatic heterocycles. The molecule has 2 bridgehead atoms. The average Bonchev–Trinajstić information content (AvgIpc) is 3.24. The fourth-order valence-corrected chi connectivity index (χ4v) is 8.21. The van der Waals surface area contributed by atoms with Crippen molar-refractivity contribution in [3.63, 3.8) is 0 Å². The van der Waals surface area contributed by atoms with Crippen LogP contribution in [0.2, 0.25) is 0 Å². The van der Waals surface area contributed by atoms with E-state index in [0.29, 0.717) is 5.75 Å². The summed E-state index contributed by atoms with van der Waals surface area (Å²) in [7, 11) is 0. The van der Waals surface area contributed by atoms with Gasteiger partial charge in [0.1, 0.15) is 12.2 Å². The van der Waals surface area contributed by atoms with Crippen molar-refractivity contribution in [1.82, 2.24) is 5.32 Å². The van der Waals surface area contributed by atoms with Gasteiger partial charge in [-0.05, 0) is 32.4 Å². The molecule has 380 valence electrons. The summed E-state index contributed by atoms with van der Waals surface area (Å²) in [6, 6.07) is -1.10. The summed E-state index contributed by atoms with van der Waals surface area (Å²) in [5.74, 6) is -4.43. The van der Waals surface area contributed by atoms with Crippen molar-refractivity contribution in [3.8, 4) is 0 Å². The number of cyclic esters (lactones) is 1. The molecule has 13 N–H and O–H groups in total. The van der Waals surface area contributed by atoms with Gasteiger partial charge in [0.2, 0.25) is 5.91 Å². The number of aliphatic hydroxyl groups is 10. The highest BCUT2D eigenvalue weighted by Crippen LogP contribution is 2.38. The summed E-state index contributed by atoms with van der Waals surface area (Å²) in [6.07, 6.45) is 8.06. The Hall–Kier alpha value is -3.09. The molecule has 7 unspecified atom stereocenters. The first-order valence-electron chi connectivity index (χ1n) is 23.0. The van der Waals surface area contributed by atoms with Crippen molar-refractivity contribution < 1.29 is 79.6 Å². The maximum absolute atomic E-state index is 13.6. The number of nitrogens with two attached hydrogens (primary N) is 1. The standard InChI is InChI=1S/C48H76N2O16S/c1-30-16-14-12-10-8-6-4-5-7-9-11-13-15-17-35(65-47-45(60)44(49)40(58)29-63-47)26-41-43(46(61)50-20-21-67-3)39(57)28-48(62,66-41)27-34(53)24-38(56)36(54)19-18-32(51)23-33(52)25-42(59)64-31(2)22-37(30)55/h4-17,30-41,43-45,47,51-58,60,62H,18-29,49H2,1-3H3,(H,50,61)/b5-4+,8-6+,9-7+,12-10+,13-11+,16-14+,17-15+/t30-,31-,32?,33?,34?,35?,36?,37-,38?,39-,40+,41-,43+,44-,45-,47-,48?/m0/s1. The van der Waals surface area contributed by atoms with E-state index in [4.69, 9.17) is 24.7 Å². The lowest BCUT2D eigenvalue weighted by Crippen LogP contribution is -2.59. The number of carbonyl (C=O) groups is 2. The first kappa shape index (κ1) is 58.2. The second-order valence-corrected chi connectivity index (χ2v) is 18.6. The molecule has 0 aromatic heterocycles. The van der Waals surface area contributed by atoms with Crippen LogP contribution >= 0.6 is 11.8 Å². The van der Waals surface area contributed by atoms with E-state index in [0.717, 1.165) is 0 Å². The van der Waals surface area contributed by atoms with Gasteiger partial charge in [-0.1, -0.05) is 92.0 Å². The topological polar surface area (TPSA) is 311 Å². The molecule has 2 fully saturated rings. The highest BCUT2D eigenvalue weighted by molar-refractivity contribution is 7.98. The van der Waals surface area contributed by atoms with E-state index in [9.17, 15) is 60.7 Å². The second-order valence-electron chi connectivity index (χ2n) is 17.6. The van der Waals surface area contributed by atoms with Gasteiger partial charge in [0.15, 0.2) is 12.1 Å². The van der Waals surface area contributed by atoms with Crippen LogP contribution in [-0.4, -0.2) is 179 Å². The predicted octanol–water partition coefficient (Wildman–Crippen LogP) is 0.472. The van der Waals surface area contributed by atoms with Crippen LogP contribution in [0.3, 0.4) is 0 Å². The van der Waals surface area contributed by atoms with Gasteiger partial charge in [0.05, 0.1) is 86.0 Å². The third kappa shape index (κ3) is 21.6. The number of hydrogen-bond acceptors (Lipinski definition) is 18. The molecule has 3 aliphatic rings. The van der Waals surface area contributed by atoms with Crippen LogP contribution in [0.15, 0.2) is 85.1 Å². The van der Waals surface area contributed by atoms with Gasteiger partial charge in [-0.2, -0.15) is 11.8 Å². The van der Waals surface area contributed by atoms with E-state index >= 15 is 0 Å². The Kier molecular flexibility index (Phi) is 26.5. The zero-order valence-corrected chi connectivity index (χ0v) is 39.5. The SMILES string of the molecule is CSCCNC(=O)[C@H]1[C@@H]2CC(O[C@@H]3OC[C@@H](O)[C@H](N)[C@@H]3O)/C=C/C=C/C=C/C=C/C=C/C=C/C=C/[C@H](C)[C@@H](O)C[C@H](C)OC(=O)CC(O)CC(O)CCC(O)C(O)CC(O)CC(O)(C[C@@H]1O)O2. The van der Waals surface area contributed by atoms with E-state index in [2.05, 4.69) is 5.32 Å². The van der Waals surface area contributed by atoms with Gasteiger partial charge in [0, 0.05) is 50.3 Å². The van der Waals surface area contributed by atoms with Crippen molar-refractivity contribution in [2.75, 3.05) is 25.2 Å². The number of thioether (sulfide) groups is 1. The maximum Gasteiger partial charge on any atom is 0.308 e. The number of nitrogens with one attached hydrogen (secondary N) is 1. The quantitative estimate of drug-likeness (QED) is 0.127. The van der Waals surface area contributed by atoms with Crippen molar-refractivity contribution in [1.29, 1.82) is 0 Å². The normalized spacial score (nSPS) is 42.2. The fraction of sp³-hybridized carbons (Fsp3) is 0.667. The minimum atomic E-state index is -2.24. The maximum atomic E-state index is 13.6. The summed E-state index contributed by atoms with van der Waals surface area (Å²) in [5, 5.41) is 111. The Morgan fingerprint density at radius 1 is 0.746 bits per heavy atom. The monoisotopic (exact) mass is 968 g/mol. The van der Waals surface area contributed by atoms with Crippen LogP contribution in [0.5, 0.6) is 0 Å². The van der Waals surface area contributed by atoms with Gasteiger partial charge < -0.3 is 81.1 Å². The molecule has 67 heavy (non-hydrogen) atoms. The number of ether oxygens (including phenoxy) is 4. The molecule has 0 aromatic carbocycles. The first-order chi connectivity index (χ1) is 31.8. The molecule has 0 aliphatic carbocycles. The largest absolute Gasteiger partial charge is 0.462 e. The third-order valence-electron chi connectivity index (χ3n) is 11.7. The summed E-state index contributed by atoms with van der Waals surface area (Å²) in [5.41, 5.74) is 6.00. The van der Waals surface area contributed by atoms with Crippen LogP contribution in [0.25, 0.3) is 0 Å². The van der Waals surface area contributed by atoms with Gasteiger partial charge in [-0.25, -0.2) is 0 Å². The second kappa shape index (κ2) is 30.5. The highest BCUT2D eigenvalue weighted by atomic mass is 32.2. The molecule has 19 heteroatoms. The summed E-state index contributed by atoms with van der Waals surface area (Å²) < 4.78 is 23.3.